The lowest BCUT2D eigenvalue weighted by Crippen LogP contribution is -2.54. The van der Waals surface area contributed by atoms with E-state index in [-0.39, 0.29) is 0 Å². The fourth-order valence-corrected chi connectivity index (χ4v) is 2.79. The minimum atomic E-state index is 0.777. The molecule has 0 bridgehead atoms. The molecule has 0 spiro atoms. The van der Waals surface area contributed by atoms with Crippen molar-refractivity contribution in [1.82, 2.24) is 10.2 Å². The van der Waals surface area contributed by atoms with Gasteiger partial charge in [-0.2, -0.15) is 0 Å². The van der Waals surface area contributed by atoms with Crippen LogP contribution in [0.15, 0.2) is 0 Å². The number of likely N-dealkylation sites (tertiary alicyclic amines) is 1. The lowest BCUT2D eigenvalue weighted by atomic mass is 9.79. The van der Waals surface area contributed by atoms with Crippen molar-refractivity contribution < 1.29 is 0 Å². The van der Waals surface area contributed by atoms with E-state index >= 15 is 0 Å². The van der Waals surface area contributed by atoms with Crippen LogP contribution in [0.2, 0.25) is 0 Å². The van der Waals surface area contributed by atoms with Crippen LogP contribution in [0.5, 0.6) is 0 Å². The van der Waals surface area contributed by atoms with Gasteiger partial charge in [-0.15, -0.1) is 0 Å². The van der Waals surface area contributed by atoms with Gasteiger partial charge in [-0.25, -0.2) is 0 Å². The third-order valence-corrected chi connectivity index (χ3v) is 4.16. The molecule has 1 aliphatic heterocycles. The number of piperidine rings is 1. The predicted octanol–water partition coefficient (Wildman–Crippen LogP) is 1.71. The zero-order valence-electron chi connectivity index (χ0n) is 9.79. The first-order valence-electron chi connectivity index (χ1n) is 6.11. The average molecular weight is 196 g/mol. The summed E-state index contributed by atoms with van der Waals surface area (Å²) in [4.78, 5) is 2.45. The van der Waals surface area contributed by atoms with E-state index in [0.29, 0.717) is 0 Å². The van der Waals surface area contributed by atoms with Crippen molar-refractivity contribution >= 4 is 0 Å². The van der Waals surface area contributed by atoms with Crippen LogP contribution in [0.25, 0.3) is 0 Å². The maximum atomic E-state index is 3.85. The molecule has 1 N–H and O–H groups in total. The van der Waals surface area contributed by atoms with E-state index in [1.54, 1.807) is 0 Å². The normalized spacial score (nSPS) is 44.8. The van der Waals surface area contributed by atoms with E-state index in [1.807, 2.05) is 0 Å². The second-order valence-electron chi connectivity index (χ2n) is 5.46. The Morgan fingerprint density at radius 2 is 1.71 bits per heavy atom. The summed E-state index contributed by atoms with van der Waals surface area (Å²) in [7, 11) is 2.23. The molecule has 1 heterocycles. The van der Waals surface area contributed by atoms with Gasteiger partial charge in [-0.05, 0) is 44.7 Å². The highest BCUT2D eigenvalue weighted by Crippen LogP contribution is 2.28. The molecule has 0 aromatic heterocycles. The lowest BCUT2D eigenvalue weighted by Gasteiger charge is -2.42. The van der Waals surface area contributed by atoms with Crippen LogP contribution in [-0.4, -0.2) is 37.1 Å². The van der Waals surface area contributed by atoms with Gasteiger partial charge >= 0.3 is 0 Å². The van der Waals surface area contributed by atoms with Crippen LogP contribution in [0.1, 0.15) is 33.1 Å². The fraction of sp³-hybridized carbons (Fsp3) is 1.00. The van der Waals surface area contributed by atoms with Crippen LogP contribution >= 0.6 is 0 Å². The summed E-state index contributed by atoms with van der Waals surface area (Å²) in [6.45, 7) is 7.29. The van der Waals surface area contributed by atoms with Gasteiger partial charge in [-0.3, -0.25) is 0 Å². The molecule has 2 aliphatic rings. The van der Waals surface area contributed by atoms with Crippen LogP contribution in [-0.2, 0) is 0 Å². The average Bonchev–Trinajstić information content (AvgIpc) is 2.14. The second kappa shape index (κ2) is 4.19. The molecule has 82 valence electrons. The first-order valence-corrected chi connectivity index (χ1v) is 6.11. The number of nitrogens with one attached hydrogen (secondary N) is 1. The maximum Gasteiger partial charge on any atom is 0.0120 e. The number of nitrogens with zero attached hydrogens (tertiary/aromatic N) is 1. The molecule has 4 unspecified atom stereocenters. The summed E-state index contributed by atoms with van der Waals surface area (Å²) in [5.74, 6) is 1.74. The minimum Gasteiger partial charge on any atom is -0.311 e. The Morgan fingerprint density at radius 3 is 2.21 bits per heavy atom. The number of rotatable bonds is 2. The Kier molecular flexibility index (Phi) is 3.13. The van der Waals surface area contributed by atoms with E-state index in [0.717, 1.165) is 23.9 Å². The largest absolute Gasteiger partial charge is 0.311 e. The van der Waals surface area contributed by atoms with Crippen molar-refractivity contribution in [3.8, 4) is 0 Å². The topological polar surface area (TPSA) is 15.3 Å². The van der Waals surface area contributed by atoms with E-state index in [1.165, 1.54) is 32.4 Å². The molecular weight excluding hydrogens is 172 g/mol. The van der Waals surface area contributed by atoms with E-state index < -0.39 is 0 Å². The summed E-state index contributed by atoms with van der Waals surface area (Å²) < 4.78 is 0. The first kappa shape index (κ1) is 10.4. The molecule has 14 heavy (non-hydrogen) atoms. The highest BCUT2D eigenvalue weighted by Gasteiger charge is 2.32. The Hall–Kier alpha value is -0.0800. The summed E-state index contributed by atoms with van der Waals surface area (Å²) in [5, 5.41) is 3.85. The molecule has 2 rings (SSSR count). The Morgan fingerprint density at radius 1 is 1.00 bits per heavy atom. The molecule has 0 aromatic carbocycles. The molecule has 4 atom stereocenters. The molecule has 0 aromatic rings. The van der Waals surface area contributed by atoms with Crippen LogP contribution in [0, 0.1) is 11.8 Å². The van der Waals surface area contributed by atoms with Crippen LogP contribution in [0.3, 0.4) is 0 Å². The molecule has 1 saturated heterocycles. The third kappa shape index (κ3) is 2.12. The first-order chi connectivity index (χ1) is 6.66. The van der Waals surface area contributed by atoms with Crippen molar-refractivity contribution in [3.63, 3.8) is 0 Å². The monoisotopic (exact) mass is 196 g/mol. The van der Waals surface area contributed by atoms with E-state index in [4.69, 9.17) is 0 Å². The number of hydrogen-bond acceptors (Lipinski definition) is 2. The van der Waals surface area contributed by atoms with Crippen molar-refractivity contribution in [2.24, 2.45) is 11.8 Å². The molecule has 2 heteroatoms. The highest BCUT2D eigenvalue weighted by molar-refractivity contribution is 4.90. The summed E-state index contributed by atoms with van der Waals surface area (Å²) in [6, 6.07) is 1.60. The van der Waals surface area contributed by atoms with Gasteiger partial charge < -0.3 is 10.2 Å². The van der Waals surface area contributed by atoms with Gasteiger partial charge in [0.05, 0.1) is 0 Å². The molecule has 2 nitrogen and oxygen atoms in total. The van der Waals surface area contributed by atoms with Gasteiger partial charge in [0.2, 0.25) is 0 Å². The van der Waals surface area contributed by atoms with Crippen LogP contribution in [0.4, 0.5) is 0 Å². The minimum absolute atomic E-state index is 0.777. The van der Waals surface area contributed by atoms with E-state index in [9.17, 15) is 0 Å². The van der Waals surface area contributed by atoms with Gasteiger partial charge in [0.25, 0.3) is 0 Å². The van der Waals surface area contributed by atoms with Gasteiger partial charge in [0, 0.05) is 18.6 Å². The Bertz CT molecular complexity index is 193. The fourth-order valence-electron chi connectivity index (χ4n) is 2.79. The number of hydrogen-bond donors (Lipinski definition) is 1. The zero-order chi connectivity index (χ0) is 10.1. The van der Waals surface area contributed by atoms with Crippen molar-refractivity contribution in [2.75, 3.05) is 20.1 Å². The van der Waals surface area contributed by atoms with Crippen molar-refractivity contribution in [2.45, 2.75) is 45.2 Å². The lowest BCUT2D eigenvalue weighted by molar-refractivity contribution is 0.129. The molecule has 2 fully saturated rings. The van der Waals surface area contributed by atoms with Crippen LogP contribution < -0.4 is 5.32 Å². The SMILES string of the molecule is CC1CCC1NC1CCN(C)CC1C. The Balaban J connectivity index is 1.79. The third-order valence-electron chi connectivity index (χ3n) is 4.16. The van der Waals surface area contributed by atoms with Crippen molar-refractivity contribution in [1.29, 1.82) is 0 Å². The predicted molar refractivity (Wildman–Crippen MR) is 60.4 cm³/mol. The molecule has 1 saturated carbocycles. The molecular formula is C12H24N2. The highest BCUT2D eigenvalue weighted by atomic mass is 15.1. The maximum absolute atomic E-state index is 3.85. The summed E-state index contributed by atoms with van der Waals surface area (Å²) >= 11 is 0. The molecule has 0 radical (unpaired) electrons. The van der Waals surface area contributed by atoms with Gasteiger partial charge in [0.15, 0.2) is 0 Å². The Labute approximate surface area is 88.1 Å². The van der Waals surface area contributed by atoms with E-state index in [2.05, 4.69) is 31.1 Å². The van der Waals surface area contributed by atoms with Crippen molar-refractivity contribution in [3.05, 3.63) is 0 Å². The standard InChI is InChI=1S/C12H24N2/c1-9-4-5-11(9)13-12-6-7-14(3)8-10(12)2/h9-13H,4-8H2,1-3H3. The summed E-state index contributed by atoms with van der Waals surface area (Å²) in [5.41, 5.74) is 0. The molecule has 0 amide bonds. The quantitative estimate of drug-likeness (QED) is 0.723. The smallest absolute Gasteiger partial charge is 0.0120 e. The second-order valence-corrected chi connectivity index (χ2v) is 5.46. The molecule has 1 aliphatic carbocycles. The van der Waals surface area contributed by atoms with Gasteiger partial charge in [-0.1, -0.05) is 13.8 Å². The summed E-state index contributed by atoms with van der Waals surface area (Å²) in [6.07, 6.45) is 4.17. The van der Waals surface area contributed by atoms with Gasteiger partial charge in [0.1, 0.15) is 0 Å². The zero-order valence-corrected chi connectivity index (χ0v) is 9.79.